The van der Waals surface area contributed by atoms with E-state index < -0.39 is 22.8 Å². The first-order chi connectivity index (χ1) is 20.4. The van der Waals surface area contributed by atoms with Crippen LogP contribution >= 0.6 is 37.2 Å². The first kappa shape index (κ1) is 41.6. The number of hydrogen-bond acceptors (Lipinski definition) is 9. The number of ether oxygens (including phenoxy) is 1. The van der Waals surface area contributed by atoms with Crippen molar-refractivity contribution in [2.75, 3.05) is 72.6 Å². The van der Waals surface area contributed by atoms with Crippen LogP contribution < -0.4 is 0 Å². The number of piperazine rings is 1. The molecule has 0 aromatic heterocycles. The Balaban J connectivity index is 0.00000353. The van der Waals surface area contributed by atoms with E-state index in [1.807, 2.05) is 0 Å². The van der Waals surface area contributed by atoms with Gasteiger partial charge in [0.05, 0.1) is 28.6 Å². The molecule has 260 valence electrons. The molecular weight excluding hydrogens is 657 g/mol. The Kier molecular flexibility index (Phi) is 16.5. The molecule has 3 aliphatic rings. The van der Waals surface area contributed by atoms with Crippen molar-refractivity contribution in [3.05, 3.63) is 62.5 Å². The number of carbonyl (C=O) groups excluding carboxylic acids is 1. The lowest BCUT2D eigenvalue weighted by Crippen LogP contribution is -2.51. The maximum Gasteiger partial charge on any atom is 0.336 e. The zero-order valence-corrected chi connectivity index (χ0v) is 30.0. The number of carboxylic acids is 1. The Morgan fingerprint density at radius 1 is 0.913 bits per heavy atom. The number of non-ortho nitro benzene ring substituents is 1. The van der Waals surface area contributed by atoms with Crippen LogP contribution in [0.1, 0.15) is 58.4 Å². The van der Waals surface area contributed by atoms with E-state index >= 15 is 0 Å². The summed E-state index contributed by atoms with van der Waals surface area (Å²) in [6.07, 6.45) is 3.98. The number of likely N-dealkylation sites (tertiary alicyclic amines) is 1. The molecule has 14 heteroatoms. The summed E-state index contributed by atoms with van der Waals surface area (Å²) in [4.78, 5) is 46.4. The van der Waals surface area contributed by atoms with Crippen LogP contribution in [0.4, 0.5) is 5.69 Å². The van der Waals surface area contributed by atoms with Crippen LogP contribution in [0.15, 0.2) is 46.8 Å². The molecule has 0 radical (unpaired) electrons. The van der Waals surface area contributed by atoms with E-state index in [1.54, 1.807) is 31.9 Å². The largest absolute Gasteiger partial charge is 0.478 e. The van der Waals surface area contributed by atoms with Gasteiger partial charge < -0.3 is 24.5 Å². The van der Waals surface area contributed by atoms with E-state index in [1.165, 1.54) is 50.6 Å². The van der Waals surface area contributed by atoms with E-state index in [2.05, 4.69) is 28.5 Å². The number of allylic oxidation sites excluding steroid dienone is 2. The first-order valence-electron chi connectivity index (χ1n) is 15.3. The van der Waals surface area contributed by atoms with Gasteiger partial charge in [-0.2, -0.15) is 0 Å². The van der Waals surface area contributed by atoms with Crippen molar-refractivity contribution in [3.63, 3.8) is 0 Å². The van der Waals surface area contributed by atoms with Crippen molar-refractivity contribution >= 4 is 54.8 Å². The topological polar surface area (TPSA) is 120 Å². The van der Waals surface area contributed by atoms with Gasteiger partial charge in [-0.1, -0.05) is 32.4 Å². The highest BCUT2D eigenvalue weighted by Gasteiger charge is 2.40. The molecule has 1 N–H and O–H groups in total. The van der Waals surface area contributed by atoms with E-state index in [9.17, 15) is 24.8 Å². The van der Waals surface area contributed by atoms with Crippen molar-refractivity contribution in [1.29, 1.82) is 0 Å². The molecule has 1 atom stereocenters. The van der Waals surface area contributed by atoms with Crippen LogP contribution in [0.3, 0.4) is 0 Å². The van der Waals surface area contributed by atoms with Gasteiger partial charge in [0.25, 0.3) is 5.69 Å². The van der Waals surface area contributed by atoms with E-state index in [0.29, 0.717) is 17.0 Å². The zero-order valence-electron chi connectivity index (χ0n) is 27.5. The standard InChI is InChI=1S/C32H47N5O6.3ClH/c1-23-27(30(38)39)29(25-10-9-11-26(20-25)37(41)42)28(24(2)33(23)5)31(40)43-22-32(3,4)21-36-18-16-35(17-19-36)15-14-34-12-7-6-8-13-34;;;/h9-11,20,29H,6-8,12-19,21-22H2,1-5H3,(H,38,39);3*1H. The summed E-state index contributed by atoms with van der Waals surface area (Å²) in [6.45, 7) is 17.2. The predicted molar refractivity (Wildman–Crippen MR) is 186 cm³/mol. The number of halogens is 3. The normalized spacial score (nSPS) is 19.9. The molecular formula is C32H50Cl3N5O6. The molecule has 1 unspecified atom stereocenters. The summed E-state index contributed by atoms with van der Waals surface area (Å²) in [5.74, 6) is -2.79. The molecule has 2 saturated heterocycles. The molecule has 2 fully saturated rings. The zero-order chi connectivity index (χ0) is 31.3. The third kappa shape index (κ3) is 10.3. The molecule has 0 bridgehead atoms. The highest BCUT2D eigenvalue weighted by atomic mass is 35.5. The molecule has 46 heavy (non-hydrogen) atoms. The van der Waals surface area contributed by atoms with E-state index in [0.717, 1.165) is 45.8 Å². The van der Waals surface area contributed by atoms with Crippen LogP contribution in [0, 0.1) is 15.5 Å². The van der Waals surface area contributed by atoms with E-state index in [4.69, 9.17) is 4.74 Å². The van der Waals surface area contributed by atoms with Crippen LogP contribution in [0.25, 0.3) is 0 Å². The average Bonchev–Trinajstić information content (AvgIpc) is 2.98. The van der Waals surface area contributed by atoms with Crippen molar-refractivity contribution in [3.8, 4) is 0 Å². The van der Waals surface area contributed by atoms with Crippen molar-refractivity contribution < 1.29 is 24.4 Å². The van der Waals surface area contributed by atoms with Gasteiger partial charge >= 0.3 is 11.9 Å². The molecule has 0 amide bonds. The molecule has 3 aliphatic heterocycles. The maximum absolute atomic E-state index is 13.7. The molecule has 0 saturated carbocycles. The second-order valence-electron chi connectivity index (χ2n) is 12.9. The van der Waals surface area contributed by atoms with Crippen LogP contribution in [0.5, 0.6) is 0 Å². The Bertz CT molecular complexity index is 1280. The molecule has 1 aromatic carbocycles. The number of nitrogens with zero attached hydrogens (tertiary/aromatic N) is 5. The van der Waals surface area contributed by atoms with Crippen molar-refractivity contribution in [2.24, 2.45) is 5.41 Å². The molecule has 0 aliphatic carbocycles. The van der Waals surface area contributed by atoms with Crippen molar-refractivity contribution in [2.45, 2.75) is 52.9 Å². The van der Waals surface area contributed by atoms with Crippen LogP contribution in [0.2, 0.25) is 0 Å². The summed E-state index contributed by atoms with van der Waals surface area (Å²) in [6, 6.07) is 5.81. The van der Waals surface area contributed by atoms with E-state index in [-0.39, 0.29) is 66.1 Å². The minimum Gasteiger partial charge on any atom is -0.478 e. The summed E-state index contributed by atoms with van der Waals surface area (Å²) in [5.41, 5.74) is 1.07. The van der Waals surface area contributed by atoms with Crippen LogP contribution in [-0.4, -0.2) is 114 Å². The first-order valence-corrected chi connectivity index (χ1v) is 15.3. The van der Waals surface area contributed by atoms with Gasteiger partial charge in [-0.25, -0.2) is 9.59 Å². The molecule has 3 heterocycles. The fourth-order valence-electron chi connectivity index (χ4n) is 6.50. The summed E-state index contributed by atoms with van der Waals surface area (Å²) < 4.78 is 5.91. The number of piperidine rings is 1. The lowest BCUT2D eigenvalue weighted by molar-refractivity contribution is -0.384. The fraction of sp³-hybridized carbons (Fsp3) is 0.625. The van der Waals surface area contributed by atoms with Gasteiger partial charge in [-0.3, -0.25) is 15.0 Å². The average molecular weight is 707 g/mol. The highest BCUT2D eigenvalue weighted by molar-refractivity contribution is 5.99. The Hall–Kier alpha value is -2.41. The van der Waals surface area contributed by atoms with Crippen LogP contribution in [-0.2, 0) is 14.3 Å². The van der Waals surface area contributed by atoms with Gasteiger partial charge in [0, 0.05) is 81.8 Å². The van der Waals surface area contributed by atoms with Gasteiger partial charge in [0.2, 0.25) is 0 Å². The monoisotopic (exact) mass is 705 g/mol. The highest BCUT2D eigenvalue weighted by Crippen LogP contribution is 2.42. The number of rotatable bonds is 11. The third-order valence-electron chi connectivity index (χ3n) is 9.12. The van der Waals surface area contributed by atoms with Gasteiger partial charge in [0.1, 0.15) is 0 Å². The Labute approximate surface area is 291 Å². The predicted octanol–water partition coefficient (Wildman–Crippen LogP) is 5.19. The number of esters is 1. The number of hydrogen-bond donors (Lipinski definition) is 1. The number of nitro groups is 1. The van der Waals surface area contributed by atoms with Gasteiger partial charge in [0.15, 0.2) is 0 Å². The summed E-state index contributed by atoms with van der Waals surface area (Å²) >= 11 is 0. The Morgan fingerprint density at radius 2 is 1.46 bits per heavy atom. The number of nitro benzene ring substituents is 1. The Morgan fingerprint density at radius 3 is 2.02 bits per heavy atom. The quantitative estimate of drug-likeness (QED) is 0.187. The third-order valence-corrected chi connectivity index (χ3v) is 9.12. The smallest absolute Gasteiger partial charge is 0.336 e. The number of carboxylic acid groups (broad SMARTS) is 1. The summed E-state index contributed by atoms with van der Waals surface area (Å²) in [5, 5.41) is 21.7. The lowest BCUT2D eigenvalue weighted by Gasteiger charge is -2.39. The summed E-state index contributed by atoms with van der Waals surface area (Å²) in [7, 11) is 1.71. The number of carbonyl (C=O) groups is 2. The molecule has 11 nitrogen and oxygen atoms in total. The molecule has 1 aromatic rings. The number of benzene rings is 1. The molecule has 4 rings (SSSR count). The van der Waals surface area contributed by atoms with Gasteiger partial charge in [-0.05, 0) is 45.3 Å². The minimum atomic E-state index is -1.19. The second-order valence-corrected chi connectivity index (χ2v) is 12.9. The second kappa shape index (κ2) is 18.2. The lowest BCUT2D eigenvalue weighted by atomic mass is 9.79. The minimum absolute atomic E-state index is 0. The van der Waals surface area contributed by atoms with Gasteiger partial charge in [-0.15, -0.1) is 37.2 Å². The maximum atomic E-state index is 13.7. The SMILES string of the molecule is CC1=C(C(=O)O)C(c2cccc([N+](=O)[O-])c2)C(C(=O)OCC(C)(C)CN2CCN(CCN3CCCCC3)CC2)=C(C)N1C.Cl.Cl.Cl. The molecule has 0 spiro atoms. The number of aliphatic carboxylic acids is 1. The van der Waals surface area contributed by atoms with Crippen molar-refractivity contribution in [1.82, 2.24) is 19.6 Å². The fourth-order valence-corrected chi connectivity index (χ4v) is 6.50.